The Morgan fingerprint density at radius 2 is 2.16 bits per heavy atom. The molecular weight excluding hydrogens is 270 g/mol. The maximum atomic E-state index is 14.0. The van der Waals surface area contributed by atoms with Crippen molar-refractivity contribution in [3.8, 4) is 0 Å². The van der Waals surface area contributed by atoms with Gasteiger partial charge < -0.3 is 4.57 Å². The van der Waals surface area contributed by atoms with E-state index in [0.29, 0.717) is 23.8 Å². The first-order chi connectivity index (χ1) is 9.08. The first kappa shape index (κ1) is 12.9. The third-order valence-corrected chi connectivity index (χ3v) is 4.05. The number of hydrogen-bond donors (Lipinski definition) is 0. The zero-order valence-corrected chi connectivity index (χ0v) is 11.4. The van der Waals surface area contributed by atoms with Crippen molar-refractivity contribution in [3.05, 3.63) is 29.6 Å². The van der Waals surface area contributed by atoms with Gasteiger partial charge in [-0.05, 0) is 37.8 Å². The van der Waals surface area contributed by atoms with Gasteiger partial charge in [-0.2, -0.15) is 0 Å². The summed E-state index contributed by atoms with van der Waals surface area (Å²) in [7, 11) is 0. The van der Waals surface area contributed by atoms with E-state index in [0.717, 1.165) is 18.9 Å². The van der Waals surface area contributed by atoms with E-state index >= 15 is 0 Å². The van der Waals surface area contributed by atoms with Gasteiger partial charge >= 0.3 is 0 Å². The molecule has 2 nitrogen and oxygen atoms in total. The van der Waals surface area contributed by atoms with Crippen LogP contribution in [0.1, 0.15) is 37.4 Å². The molecule has 0 N–H and O–H groups in total. The molecule has 1 aliphatic carbocycles. The summed E-state index contributed by atoms with van der Waals surface area (Å²) in [6.07, 6.45) is 3.47. The van der Waals surface area contributed by atoms with Crippen LogP contribution in [0, 0.1) is 17.6 Å². The summed E-state index contributed by atoms with van der Waals surface area (Å²) in [5.41, 5.74) is 0.718. The maximum Gasteiger partial charge on any atom is 0.184 e. The normalized spacial score (nSPS) is 17.7. The number of nitrogens with zero attached hydrogens (tertiary/aromatic N) is 2. The fourth-order valence-corrected chi connectivity index (χ4v) is 2.76. The zero-order valence-electron chi connectivity index (χ0n) is 10.7. The second-order valence-electron chi connectivity index (χ2n) is 5.22. The summed E-state index contributed by atoms with van der Waals surface area (Å²) in [5.74, 6) is -0.522. The Hall–Kier alpha value is -1.16. The maximum absolute atomic E-state index is 14.0. The molecule has 1 atom stereocenters. The van der Waals surface area contributed by atoms with Crippen molar-refractivity contribution in [3.63, 3.8) is 0 Å². The summed E-state index contributed by atoms with van der Waals surface area (Å²) in [6.45, 7) is 2.47. The van der Waals surface area contributed by atoms with Crippen molar-refractivity contribution >= 4 is 22.6 Å². The minimum atomic E-state index is -0.837. The van der Waals surface area contributed by atoms with Crippen LogP contribution >= 0.6 is 11.6 Å². The average molecular weight is 285 g/mol. The summed E-state index contributed by atoms with van der Waals surface area (Å²) in [4.78, 5) is 4.35. The van der Waals surface area contributed by atoms with Crippen LogP contribution in [0.15, 0.2) is 12.1 Å². The van der Waals surface area contributed by atoms with Crippen LogP contribution < -0.4 is 0 Å². The van der Waals surface area contributed by atoms with Crippen molar-refractivity contribution in [1.82, 2.24) is 9.55 Å². The lowest BCUT2D eigenvalue weighted by Gasteiger charge is -2.27. The highest BCUT2D eigenvalue weighted by atomic mass is 35.5. The molecular formula is C14H15ClF2N2. The highest BCUT2D eigenvalue weighted by molar-refractivity contribution is 6.20. The van der Waals surface area contributed by atoms with Gasteiger partial charge in [0.25, 0.3) is 0 Å². The average Bonchev–Trinajstić information content (AvgIpc) is 2.68. The molecule has 0 bridgehead atoms. The van der Waals surface area contributed by atoms with Gasteiger partial charge in [0.05, 0.1) is 10.9 Å². The summed E-state index contributed by atoms with van der Waals surface area (Å²) < 4.78 is 29.2. The minimum Gasteiger partial charge on any atom is -0.324 e. The smallest absolute Gasteiger partial charge is 0.184 e. The molecule has 1 fully saturated rings. The Morgan fingerprint density at radius 1 is 1.42 bits per heavy atom. The van der Waals surface area contributed by atoms with Gasteiger partial charge in [-0.15, -0.1) is 11.6 Å². The highest BCUT2D eigenvalue weighted by Crippen LogP contribution is 2.33. The van der Waals surface area contributed by atoms with E-state index < -0.39 is 11.6 Å². The molecule has 19 heavy (non-hydrogen) atoms. The molecule has 102 valence electrons. The molecule has 1 unspecified atom stereocenters. The molecule has 1 aromatic heterocycles. The SMILES string of the molecule is CC(Cl)c1nc2ccc(F)c(F)c2n1CC1CCC1. The predicted molar refractivity (Wildman–Crippen MR) is 71.3 cm³/mol. The highest BCUT2D eigenvalue weighted by Gasteiger charge is 2.24. The molecule has 5 heteroatoms. The van der Waals surface area contributed by atoms with E-state index in [-0.39, 0.29) is 10.9 Å². The molecule has 1 saturated carbocycles. The van der Waals surface area contributed by atoms with Gasteiger partial charge in [0, 0.05) is 6.54 Å². The van der Waals surface area contributed by atoms with E-state index in [4.69, 9.17) is 11.6 Å². The number of imidazole rings is 1. The van der Waals surface area contributed by atoms with Gasteiger partial charge in [0.15, 0.2) is 11.6 Å². The van der Waals surface area contributed by atoms with Crippen molar-refractivity contribution in [2.45, 2.75) is 38.1 Å². The first-order valence-electron chi connectivity index (χ1n) is 6.56. The minimum absolute atomic E-state index is 0.245. The Bertz CT molecular complexity index is 617. The molecule has 1 heterocycles. The van der Waals surface area contributed by atoms with E-state index in [1.54, 1.807) is 11.5 Å². The Kier molecular flexibility index (Phi) is 3.21. The van der Waals surface area contributed by atoms with E-state index in [2.05, 4.69) is 4.98 Å². The third kappa shape index (κ3) is 2.12. The lowest BCUT2D eigenvalue weighted by molar-refractivity contribution is 0.276. The van der Waals surface area contributed by atoms with Crippen LogP contribution in [-0.4, -0.2) is 9.55 Å². The molecule has 0 amide bonds. The van der Waals surface area contributed by atoms with E-state index in [9.17, 15) is 8.78 Å². The molecule has 0 radical (unpaired) electrons. The zero-order chi connectivity index (χ0) is 13.6. The fraction of sp³-hybridized carbons (Fsp3) is 0.500. The molecule has 0 aliphatic heterocycles. The Morgan fingerprint density at radius 3 is 2.74 bits per heavy atom. The van der Waals surface area contributed by atoms with E-state index in [1.807, 2.05) is 0 Å². The molecule has 0 saturated heterocycles. The lowest BCUT2D eigenvalue weighted by Crippen LogP contribution is -2.20. The van der Waals surface area contributed by atoms with E-state index in [1.165, 1.54) is 12.5 Å². The second-order valence-corrected chi connectivity index (χ2v) is 5.88. The van der Waals surface area contributed by atoms with Crippen LogP contribution in [0.2, 0.25) is 0 Å². The molecule has 1 aromatic carbocycles. The number of aromatic nitrogens is 2. The number of alkyl halides is 1. The standard InChI is InChI=1S/C14H15ClF2N2/c1-8(15)14-18-11-6-5-10(16)12(17)13(11)19(14)7-9-3-2-4-9/h5-6,8-9H,2-4,7H2,1H3. The third-order valence-electron chi connectivity index (χ3n) is 3.85. The monoisotopic (exact) mass is 284 g/mol. The first-order valence-corrected chi connectivity index (χ1v) is 6.99. The van der Waals surface area contributed by atoms with Crippen molar-refractivity contribution in [1.29, 1.82) is 0 Å². The van der Waals surface area contributed by atoms with Gasteiger partial charge in [-0.3, -0.25) is 0 Å². The number of hydrogen-bond acceptors (Lipinski definition) is 1. The fourth-order valence-electron chi connectivity index (χ4n) is 2.60. The van der Waals surface area contributed by atoms with Gasteiger partial charge in [-0.25, -0.2) is 13.8 Å². The van der Waals surface area contributed by atoms with Crippen LogP contribution in [-0.2, 0) is 6.54 Å². The van der Waals surface area contributed by atoms with Crippen molar-refractivity contribution < 1.29 is 8.78 Å². The second kappa shape index (κ2) is 4.75. The van der Waals surface area contributed by atoms with Gasteiger partial charge in [0.2, 0.25) is 0 Å². The lowest BCUT2D eigenvalue weighted by atomic mass is 9.85. The van der Waals surface area contributed by atoms with Crippen molar-refractivity contribution in [2.24, 2.45) is 5.92 Å². The number of rotatable bonds is 3. The number of benzene rings is 1. The largest absolute Gasteiger partial charge is 0.324 e. The van der Waals surface area contributed by atoms with Crippen LogP contribution in [0.5, 0.6) is 0 Å². The number of halogens is 3. The summed E-state index contributed by atoms with van der Waals surface area (Å²) in [5, 5.41) is -0.324. The molecule has 0 spiro atoms. The van der Waals surface area contributed by atoms with Gasteiger partial charge in [0.1, 0.15) is 11.3 Å². The summed E-state index contributed by atoms with van der Waals surface area (Å²) in [6, 6.07) is 2.62. The van der Waals surface area contributed by atoms with Gasteiger partial charge in [-0.1, -0.05) is 6.42 Å². The Balaban J connectivity index is 2.17. The van der Waals surface area contributed by atoms with Crippen LogP contribution in [0.4, 0.5) is 8.78 Å². The Labute approximate surface area is 115 Å². The number of fused-ring (bicyclic) bond motifs is 1. The topological polar surface area (TPSA) is 17.8 Å². The quantitative estimate of drug-likeness (QED) is 0.763. The molecule has 1 aliphatic rings. The predicted octanol–water partition coefficient (Wildman–Crippen LogP) is 4.41. The molecule has 2 aromatic rings. The summed E-state index contributed by atoms with van der Waals surface area (Å²) >= 11 is 6.12. The molecule has 3 rings (SSSR count). The van der Waals surface area contributed by atoms with Crippen LogP contribution in [0.25, 0.3) is 11.0 Å². The van der Waals surface area contributed by atoms with Crippen molar-refractivity contribution in [2.75, 3.05) is 0 Å². The van der Waals surface area contributed by atoms with Crippen LogP contribution in [0.3, 0.4) is 0 Å².